The number of carbonyl (C=O) groups is 2. The van der Waals surface area contributed by atoms with E-state index in [0.29, 0.717) is 5.69 Å². The zero-order valence-corrected chi connectivity index (χ0v) is 11.9. The van der Waals surface area contributed by atoms with E-state index in [1.54, 1.807) is 0 Å². The molecule has 108 valence electrons. The Labute approximate surface area is 118 Å². The average Bonchev–Trinajstić information content (AvgIpc) is 2.35. The molecule has 0 bridgehead atoms. The zero-order chi connectivity index (χ0) is 14.5. The lowest BCUT2D eigenvalue weighted by Crippen LogP contribution is -2.28. The van der Waals surface area contributed by atoms with Crippen LogP contribution in [-0.2, 0) is 14.3 Å². The third kappa shape index (κ3) is 3.73. The number of nitrogens with zero attached hydrogens (tertiary/aromatic N) is 1. The van der Waals surface area contributed by atoms with Gasteiger partial charge < -0.3 is 15.0 Å². The highest BCUT2D eigenvalue weighted by molar-refractivity contribution is 5.93. The van der Waals surface area contributed by atoms with E-state index < -0.39 is 0 Å². The van der Waals surface area contributed by atoms with E-state index in [0.717, 1.165) is 24.9 Å². The molecule has 0 radical (unpaired) electrons. The lowest BCUT2D eigenvalue weighted by molar-refractivity contribution is -0.154. The second kappa shape index (κ2) is 6.41. The highest BCUT2D eigenvalue weighted by Crippen LogP contribution is 2.27. The summed E-state index contributed by atoms with van der Waals surface area (Å²) in [4.78, 5) is 25.1. The number of benzene rings is 1. The van der Waals surface area contributed by atoms with Crippen LogP contribution >= 0.6 is 0 Å². The Hall–Kier alpha value is -2.04. The molecule has 0 unspecified atom stereocenters. The minimum Gasteiger partial charge on any atom is -0.455 e. The van der Waals surface area contributed by atoms with Crippen molar-refractivity contribution in [3.63, 3.8) is 0 Å². The van der Waals surface area contributed by atoms with E-state index >= 15 is 0 Å². The van der Waals surface area contributed by atoms with Crippen LogP contribution in [0.25, 0.3) is 0 Å². The van der Waals surface area contributed by atoms with Gasteiger partial charge in [0, 0.05) is 25.5 Å². The molecule has 1 aromatic carbocycles. The molecule has 0 heterocycles. The summed E-state index contributed by atoms with van der Waals surface area (Å²) in [6.45, 7) is -0.217. The van der Waals surface area contributed by atoms with Crippen molar-refractivity contribution < 1.29 is 14.3 Å². The molecule has 1 fully saturated rings. The number of hydrogen-bond donors (Lipinski definition) is 1. The predicted molar refractivity (Wildman–Crippen MR) is 77.7 cm³/mol. The van der Waals surface area contributed by atoms with Gasteiger partial charge in [0.15, 0.2) is 6.61 Å². The molecule has 20 heavy (non-hydrogen) atoms. The monoisotopic (exact) mass is 276 g/mol. The van der Waals surface area contributed by atoms with E-state index in [2.05, 4.69) is 5.32 Å². The van der Waals surface area contributed by atoms with Gasteiger partial charge in [0.05, 0.1) is 5.92 Å². The number of ether oxygens (including phenoxy) is 1. The van der Waals surface area contributed by atoms with Gasteiger partial charge in [0.25, 0.3) is 5.91 Å². The molecule has 5 nitrogen and oxygen atoms in total. The maximum Gasteiger partial charge on any atom is 0.309 e. The number of hydrogen-bond acceptors (Lipinski definition) is 4. The minimum atomic E-state index is -0.310. The lowest BCUT2D eigenvalue weighted by atomic mass is 9.86. The average molecular weight is 276 g/mol. The van der Waals surface area contributed by atoms with E-state index in [4.69, 9.17) is 4.74 Å². The first-order valence-electron chi connectivity index (χ1n) is 6.80. The van der Waals surface area contributed by atoms with Gasteiger partial charge >= 0.3 is 5.97 Å². The second-order valence-corrected chi connectivity index (χ2v) is 5.23. The van der Waals surface area contributed by atoms with Gasteiger partial charge in [0.2, 0.25) is 0 Å². The van der Waals surface area contributed by atoms with Crippen molar-refractivity contribution in [2.45, 2.75) is 19.3 Å². The number of esters is 1. The molecule has 0 spiro atoms. The van der Waals surface area contributed by atoms with Crippen LogP contribution in [-0.4, -0.2) is 32.6 Å². The van der Waals surface area contributed by atoms with Crippen molar-refractivity contribution in [1.29, 1.82) is 0 Å². The second-order valence-electron chi connectivity index (χ2n) is 5.23. The van der Waals surface area contributed by atoms with Gasteiger partial charge in [-0.15, -0.1) is 0 Å². The summed E-state index contributed by atoms with van der Waals surface area (Å²) >= 11 is 0. The van der Waals surface area contributed by atoms with Crippen LogP contribution in [0.3, 0.4) is 0 Å². The molecule has 2 rings (SSSR count). The molecule has 0 aliphatic heterocycles. The van der Waals surface area contributed by atoms with Crippen LogP contribution in [0.2, 0.25) is 0 Å². The first-order valence-corrected chi connectivity index (χ1v) is 6.80. The number of amides is 1. The van der Waals surface area contributed by atoms with Crippen molar-refractivity contribution in [1.82, 2.24) is 0 Å². The fourth-order valence-electron chi connectivity index (χ4n) is 1.94. The van der Waals surface area contributed by atoms with Crippen LogP contribution in [0, 0.1) is 5.92 Å². The summed E-state index contributed by atoms with van der Waals surface area (Å²) in [6, 6.07) is 7.47. The summed E-state index contributed by atoms with van der Waals surface area (Å²) in [5, 5.41) is 2.70. The summed E-state index contributed by atoms with van der Waals surface area (Å²) in [6.07, 6.45) is 2.84. The minimum absolute atomic E-state index is 0.00201. The molecule has 1 amide bonds. The van der Waals surface area contributed by atoms with Crippen molar-refractivity contribution in [2.75, 3.05) is 30.9 Å². The highest BCUT2D eigenvalue weighted by atomic mass is 16.5. The molecule has 1 N–H and O–H groups in total. The van der Waals surface area contributed by atoms with Crippen molar-refractivity contribution >= 4 is 23.3 Å². The normalized spacial score (nSPS) is 14.3. The molecule has 5 heteroatoms. The molecule has 0 saturated heterocycles. The fourth-order valence-corrected chi connectivity index (χ4v) is 1.94. The maximum atomic E-state index is 11.7. The largest absolute Gasteiger partial charge is 0.455 e. The topological polar surface area (TPSA) is 58.6 Å². The van der Waals surface area contributed by atoms with Crippen molar-refractivity contribution in [3.05, 3.63) is 24.3 Å². The molecular formula is C15H20N2O3. The molecule has 1 aromatic rings. The lowest BCUT2D eigenvalue weighted by Gasteiger charge is -2.22. The van der Waals surface area contributed by atoms with Crippen LogP contribution < -0.4 is 10.2 Å². The molecular weight excluding hydrogens is 256 g/mol. The van der Waals surface area contributed by atoms with Gasteiger partial charge in [-0.25, -0.2) is 0 Å². The Morgan fingerprint density at radius 3 is 2.40 bits per heavy atom. The summed E-state index contributed by atoms with van der Waals surface area (Å²) in [5.41, 5.74) is 1.75. The van der Waals surface area contributed by atoms with Gasteiger partial charge in [-0.1, -0.05) is 6.42 Å². The molecule has 1 aliphatic carbocycles. The zero-order valence-electron chi connectivity index (χ0n) is 11.9. The smallest absolute Gasteiger partial charge is 0.309 e. The van der Waals surface area contributed by atoms with E-state index in [1.807, 2.05) is 43.3 Å². The third-order valence-corrected chi connectivity index (χ3v) is 3.45. The predicted octanol–water partition coefficient (Wildman–Crippen LogP) is 2.03. The van der Waals surface area contributed by atoms with E-state index in [-0.39, 0.29) is 24.4 Å². The maximum absolute atomic E-state index is 11.7. The first-order chi connectivity index (χ1) is 9.56. The molecule has 1 saturated carbocycles. The summed E-state index contributed by atoms with van der Waals surface area (Å²) in [7, 11) is 3.90. The first kappa shape index (κ1) is 14.4. The number of anilines is 2. The van der Waals surface area contributed by atoms with Crippen molar-refractivity contribution in [2.24, 2.45) is 5.92 Å². The Morgan fingerprint density at radius 2 is 1.90 bits per heavy atom. The summed E-state index contributed by atoms with van der Waals surface area (Å²) < 4.78 is 4.98. The fraction of sp³-hybridized carbons (Fsp3) is 0.467. The highest BCUT2D eigenvalue weighted by Gasteiger charge is 2.27. The number of carbonyl (C=O) groups excluding carboxylic acids is 2. The third-order valence-electron chi connectivity index (χ3n) is 3.45. The number of rotatable bonds is 5. The molecule has 0 atom stereocenters. The van der Waals surface area contributed by atoms with Gasteiger partial charge in [-0.3, -0.25) is 9.59 Å². The Balaban J connectivity index is 1.77. The van der Waals surface area contributed by atoms with Gasteiger partial charge in [-0.05, 0) is 37.1 Å². The van der Waals surface area contributed by atoms with E-state index in [9.17, 15) is 9.59 Å². The van der Waals surface area contributed by atoms with Crippen LogP contribution in [0.4, 0.5) is 11.4 Å². The van der Waals surface area contributed by atoms with Crippen LogP contribution in [0.15, 0.2) is 24.3 Å². The molecule has 1 aliphatic rings. The molecule has 0 aromatic heterocycles. The van der Waals surface area contributed by atoms with Gasteiger partial charge in [-0.2, -0.15) is 0 Å². The summed E-state index contributed by atoms with van der Waals surface area (Å²) in [5.74, 6) is -0.563. The standard InChI is InChI=1S/C15H20N2O3/c1-17(2)13-8-6-12(7-9-13)16-14(18)10-20-15(19)11-4-3-5-11/h6-9,11H,3-5,10H2,1-2H3,(H,16,18). The Morgan fingerprint density at radius 1 is 1.25 bits per heavy atom. The van der Waals surface area contributed by atoms with Crippen molar-refractivity contribution in [3.8, 4) is 0 Å². The number of nitrogens with one attached hydrogen (secondary N) is 1. The van der Waals surface area contributed by atoms with Crippen LogP contribution in [0.1, 0.15) is 19.3 Å². The SMILES string of the molecule is CN(C)c1ccc(NC(=O)COC(=O)C2CCC2)cc1. The van der Waals surface area contributed by atoms with Gasteiger partial charge in [0.1, 0.15) is 0 Å². The Bertz CT molecular complexity index is 478. The van der Waals surface area contributed by atoms with E-state index in [1.165, 1.54) is 0 Å². The Kier molecular flexibility index (Phi) is 4.61. The quantitative estimate of drug-likeness (QED) is 0.836. The van der Waals surface area contributed by atoms with Crippen LogP contribution in [0.5, 0.6) is 0 Å².